The predicted octanol–water partition coefficient (Wildman–Crippen LogP) is 4.79. The van der Waals surface area contributed by atoms with Gasteiger partial charge in [0.15, 0.2) is 5.13 Å². The number of fused-ring (bicyclic) bond motifs is 1. The minimum absolute atomic E-state index is 0.257. The largest absolute Gasteiger partial charge is 0.298 e. The van der Waals surface area contributed by atoms with Crippen LogP contribution in [0.25, 0.3) is 10.2 Å². The van der Waals surface area contributed by atoms with Crippen LogP contribution in [-0.4, -0.2) is 10.9 Å². The minimum Gasteiger partial charge on any atom is -0.298 e. The number of nitrogens with one attached hydrogen (secondary N) is 1. The van der Waals surface area contributed by atoms with Crippen LogP contribution in [0.5, 0.6) is 0 Å². The molecule has 0 aliphatic rings. The summed E-state index contributed by atoms with van der Waals surface area (Å²) in [5.74, 6) is -2.71. The summed E-state index contributed by atoms with van der Waals surface area (Å²) in [7, 11) is 0. The Morgan fingerprint density at radius 1 is 1.23 bits per heavy atom. The standard InChI is InChI=1S/C15H9ClF2N2OS/c1-7-8(16)5-6-11-13(7)19-15(22-11)20-14(21)12-9(17)3-2-4-10(12)18/h2-6H,1H3,(H,19,20,21). The van der Waals surface area contributed by atoms with Gasteiger partial charge in [-0.15, -0.1) is 0 Å². The summed E-state index contributed by atoms with van der Waals surface area (Å²) in [6.45, 7) is 1.81. The minimum atomic E-state index is -0.919. The summed E-state index contributed by atoms with van der Waals surface area (Å²) in [4.78, 5) is 16.3. The average Bonchev–Trinajstić information content (AvgIpc) is 2.86. The van der Waals surface area contributed by atoms with Gasteiger partial charge in [-0.3, -0.25) is 10.1 Å². The number of hydrogen-bond donors (Lipinski definition) is 1. The number of thiazole rings is 1. The number of rotatable bonds is 2. The van der Waals surface area contributed by atoms with Gasteiger partial charge in [-0.25, -0.2) is 13.8 Å². The first-order chi connectivity index (χ1) is 10.5. The Hall–Kier alpha value is -2.05. The third-order valence-corrected chi connectivity index (χ3v) is 4.50. The fourth-order valence-electron chi connectivity index (χ4n) is 2.03. The van der Waals surface area contributed by atoms with Crippen molar-refractivity contribution in [3.05, 3.63) is 58.1 Å². The lowest BCUT2D eigenvalue weighted by Gasteiger charge is -2.03. The lowest BCUT2D eigenvalue weighted by atomic mass is 10.2. The fraction of sp³-hybridized carbons (Fsp3) is 0.0667. The fourth-order valence-corrected chi connectivity index (χ4v) is 3.10. The maximum absolute atomic E-state index is 13.6. The molecule has 22 heavy (non-hydrogen) atoms. The van der Waals surface area contributed by atoms with Crippen molar-refractivity contribution < 1.29 is 13.6 Å². The van der Waals surface area contributed by atoms with Gasteiger partial charge in [0.25, 0.3) is 5.91 Å². The van der Waals surface area contributed by atoms with Gasteiger partial charge < -0.3 is 0 Å². The van der Waals surface area contributed by atoms with Gasteiger partial charge in [-0.1, -0.05) is 29.0 Å². The molecular weight excluding hydrogens is 330 g/mol. The third-order valence-electron chi connectivity index (χ3n) is 3.16. The maximum Gasteiger partial charge on any atom is 0.263 e. The van der Waals surface area contributed by atoms with E-state index in [9.17, 15) is 13.6 Å². The molecule has 1 N–H and O–H groups in total. The molecule has 0 saturated carbocycles. The quantitative estimate of drug-likeness (QED) is 0.730. The van der Waals surface area contributed by atoms with Gasteiger partial charge in [0.1, 0.15) is 17.2 Å². The number of nitrogens with zero attached hydrogens (tertiary/aromatic N) is 1. The van der Waals surface area contributed by atoms with Crippen molar-refractivity contribution in [2.45, 2.75) is 6.92 Å². The second-order valence-corrected chi connectivity index (χ2v) is 6.03. The Labute approximate surface area is 133 Å². The predicted molar refractivity (Wildman–Crippen MR) is 83.7 cm³/mol. The van der Waals surface area contributed by atoms with Crippen molar-refractivity contribution in [2.75, 3.05) is 5.32 Å². The van der Waals surface area contributed by atoms with Crippen LogP contribution in [0.2, 0.25) is 5.02 Å². The Morgan fingerprint density at radius 3 is 2.59 bits per heavy atom. The molecule has 1 amide bonds. The van der Waals surface area contributed by atoms with Crippen LogP contribution in [0.3, 0.4) is 0 Å². The molecule has 0 radical (unpaired) electrons. The molecule has 0 spiro atoms. The topological polar surface area (TPSA) is 42.0 Å². The molecule has 112 valence electrons. The Balaban J connectivity index is 1.96. The van der Waals surface area contributed by atoms with E-state index >= 15 is 0 Å². The number of aromatic nitrogens is 1. The van der Waals surface area contributed by atoms with E-state index in [0.29, 0.717) is 10.5 Å². The molecule has 0 aliphatic heterocycles. The third kappa shape index (κ3) is 2.55. The van der Waals surface area contributed by atoms with Crippen LogP contribution in [0, 0.1) is 18.6 Å². The summed E-state index contributed by atoms with van der Waals surface area (Å²) < 4.78 is 28.0. The van der Waals surface area contributed by atoms with Crippen molar-refractivity contribution in [1.82, 2.24) is 4.98 Å². The molecule has 0 saturated heterocycles. The Bertz CT molecular complexity index is 874. The van der Waals surface area contributed by atoms with Crippen molar-refractivity contribution >= 4 is 44.2 Å². The van der Waals surface area contributed by atoms with E-state index < -0.39 is 23.1 Å². The van der Waals surface area contributed by atoms with Crippen molar-refractivity contribution in [2.24, 2.45) is 0 Å². The molecular formula is C15H9ClF2N2OS. The smallest absolute Gasteiger partial charge is 0.263 e. The lowest BCUT2D eigenvalue weighted by Crippen LogP contribution is -2.15. The van der Waals surface area contributed by atoms with E-state index in [4.69, 9.17) is 11.6 Å². The Kier molecular flexibility index (Phi) is 3.80. The first-order valence-electron chi connectivity index (χ1n) is 6.28. The Morgan fingerprint density at radius 2 is 1.91 bits per heavy atom. The summed E-state index contributed by atoms with van der Waals surface area (Å²) in [6.07, 6.45) is 0. The van der Waals surface area contributed by atoms with E-state index in [1.165, 1.54) is 17.4 Å². The first-order valence-corrected chi connectivity index (χ1v) is 7.48. The SMILES string of the molecule is Cc1c(Cl)ccc2sc(NC(=O)c3c(F)cccc3F)nc12. The van der Waals surface area contributed by atoms with E-state index in [2.05, 4.69) is 10.3 Å². The molecule has 2 aromatic carbocycles. The molecule has 3 aromatic rings. The molecule has 1 aromatic heterocycles. The van der Waals surface area contributed by atoms with E-state index in [1.54, 1.807) is 12.1 Å². The summed E-state index contributed by atoms with van der Waals surface area (Å²) >= 11 is 7.23. The zero-order valence-electron chi connectivity index (χ0n) is 11.3. The number of hydrogen-bond acceptors (Lipinski definition) is 3. The average molecular weight is 339 g/mol. The molecule has 0 bridgehead atoms. The van der Waals surface area contributed by atoms with Gasteiger partial charge in [-0.2, -0.15) is 0 Å². The number of benzene rings is 2. The number of halogens is 3. The van der Waals surface area contributed by atoms with Crippen LogP contribution >= 0.6 is 22.9 Å². The van der Waals surface area contributed by atoms with Gasteiger partial charge in [0, 0.05) is 5.02 Å². The van der Waals surface area contributed by atoms with Crippen LogP contribution in [-0.2, 0) is 0 Å². The number of anilines is 1. The second-order valence-electron chi connectivity index (χ2n) is 4.59. The van der Waals surface area contributed by atoms with Gasteiger partial charge in [-0.05, 0) is 36.8 Å². The van der Waals surface area contributed by atoms with Crippen molar-refractivity contribution in [1.29, 1.82) is 0 Å². The maximum atomic E-state index is 13.6. The molecule has 1 heterocycles. The summed E-state index contributed by atoms with van der Waals surface area (Å²) in [6, 6.07) is 6.77. The van der Waals surface area contributed by atoms with Crippen LogP contribution in [0.1, 0.15) is 15.9 Å². The van der Waals surface area contributed by atoms with Crippen LogP contribution < -0.4 is 5.32 Å². The highest BCUT2D eigenvalue weighted by atomic mass is 35.5. The van der Waals surface area contributed by atoms with Crippen molar-refractivity contribution in [3.63, 3.8) is 0 Å². The highest BCUT2D eigenvalue weighted by Crippen LogP contribution is 2.32. The van der Waals surface area contributed by atoms with Gasteiger partial charge in [0.2, 0.25) is 0 Å². The van der Waals surface area contributed by atoms with E-state index in [1.807, 2.05) is 6.92 Å². The molecule has 3 nitrogen and oxygen atoms in total. The molecule has 3 rings (SSSR count). The number of amides is 1. The number of carbonyl (C=O) groups excluding carboxylic acids is 1. The van der Waals surface area contributed by atoms with E-state index in [0.717, 1.165) is 22.4 Å². The van der Waals surface area contributed by atoms with Crippen molar-refractivity contribution in [3.8, 4) is 0 Å². The number of aryl methyl sites for hydroxylation is 1. The normalized spacial score (nSPS) is 10.9. The highest BCUT2D eigenvalue weighted by Gasteiger charge is 2.19. The molecule has 0 atom stereocenters. The zero-order valence-corrected chi connectivity index (χ0v) is 12.9. The zero-order chi connectivity index (χ0) is 15.9. The lowest BCUT2D eigenvalue weighted by molar-refractivity contribution is 0.101. The monoisotopic (exact) mass is 338 g/mol. The van der Waals surface area contributed by atoms with E-state index in [-0.39, 0.29) is 5.13 Å². The first kappa shape index (κ1) is 14.9. The summed E-state index contributed by atoms with van der Waals surface area (Å²) in [5.41, 5.74) is 0.811. The number of carbonyl (C=O) groups is 1. The molecule has 7 heteroatoms. The van der Waals surface area contributed by atoms with Crippen LogP contribution in [0.15, 0.2) is 30.3 Å². The van der Waals surface area contributed by atoms with Gasteiger partial charge in [0.05, 0.1) is 10.2 Å². The molecule has 0 fully saturated rings. The van der Waals surface area contributed by atoms with Gasteiger partial charge >= 0.3 is 0 Å². The second kappa shape index (κ2) is 5.62. The summed E-state index contributed by atoms with van der Waals surface area (Å²) in [5, 5.41) is 3.24. The highest BCUT2D eigenvalue weighted by molar-refractivity contribution is 7.22. The molecule has 0 aliphatic carbocycles. The molecule has 0 unspecified atom stereocenters. The van der Waals surface area contributed by atoms with Crippen LogP contribution in [0.4, 0.5) is 13.9 Å².